The van der Waals surface area contributed by atoms with Crippen molar-refractivity contribution in [2.24, 2.45) is 5.73 Å². The Balaban J connectivity index is 2.68. The van der Waals surface area contributed by atoms with E-state index >= 15 is 0 Å². The Labute approximate surface area is 100 Å². The molecule has 0 aliphatic rings. The molecule has 1 unspecified atom stereocenters. The van der Waals surface area contributed by atoms with Crippen LogP contribution in [0.1, 0.15) is 11.5 Å². The van der Waals surface area contributed by atoms with Crippen LogP contribution in [0.5, 0.6) is 0 Å². The van der Waals surface area contributed by atoms with Crippen LogP contribution >= 0.6 is 11.6 Å². The number of carbonyl (C=O) groups excluding carboxylic acids is 1. The monoisotopic (exact) mass is 238 g/mol. The summed E-state index contributed by atoms with van der Waals surface area (Å²) in [6.07, 6.45) is 0. The van der Waals surface area contributed by atoms with Gasteiger partial charge in [-0.05, 0) is 5.56 Å². The highest BCUT2D eigenvalue weighted by Crippen LogP contribution is 2.14. The van der Waals surface area contributed by atoms with Crippen LogP contribution in [-0.4, -0.2) is 19.0 Å². The van der Waals surface area contributed by atoms with Gasteiger partial charge in [-0.2, -0.15) is 0 Å². The van der Waals surface area contributed by atoms with E-state index in [2.05, 4.69) is 11.9 Å². The van der Waals surface area contributed by atoms with Gasteiger partial charge in [0.1, 0.15) is 0 Å². The molecule has 1 atom stereocenters. The van der Waals surface area contributed by atoms with Gasteiger partial charge in [-0.15, -0.1) is 0 Å². The van der Waals surface area contributed by atoms with E-state index in [1.54, 1.807) is 0 Å². The number of rotatable bonds is 5. The molecule has 0 aromatic heterocycles. The fourth-order valence-electron chi connectivity index (χ4n) is 1.39. The van der Waals surface area contributed by atoms with Crippen molar-refractivity contribution in [2.45, 2.75) is 5.92 Å². The zero-order valence-corrected chi connectivity index (χ0v) is 9.70. The van der Waals surface area contributed by atoms with Gasteiger partial charge in [0, 0.05) is 11.6 Å². The predicted octanol–water partition coefficient (Wildman–Crippen LogP) is 1.60. The van der Waals surface area contributed by atoms with E-state index in [1.807, 2.05) is 30.3 Å². The van der Waals surface area contributed by atoms with E-state index in [0.29, 0.717) is 5.03 Å². The summed E-state index contributed by atoms with van der Waals surface area (Å²) in [6.45, 7) is 4.04. The van der Waals surface area contributed by atoms with E-state index in [9.17, 15) is 4.79 Å². The second-order valence-electron chi connectivity index (χ2n) is 3.43. The number of hydrogen-bond donors (Lipinski definition) is 2. The molecule has 3 N–H and O–H groups in total. The van der Waals surface area contributed by atoms with Crippen LogP contribution in [0.25, 0.3) is 0 Å². The van der Waals surface area contributed by atoms with Crippen molar-refractivity contribution in [1.82, 2.24) is 5.32 Å². The predicted molar refractivity (Wildman–Crippen MR) is 66.2 cm³/mol. The lowest BCUT2D eigenvalue weighted by atomic mass is 9.98. The van der Waals surface area contributed by atoms with Gasteiger partial charge < -0.3 is 11.1 Å². The summed E-state index contributed by atoms with van der Waals surface area (Å²) in [5.74, 6) is -0.465. The summed E-state index contributed by atoms with van der Waals surface area (Å²) in [5, 5.41) is 3.08. The van der Waals surface area contributed by atoms with Crippen LogP contribution < -0.4 is 11.1 Å². The zero-order chi connectivity index (χ0) is 12.0. The highest BCUT2D eigenvalue weighted by atomic mass is 35.5. The topological polar surface area (TPSA) is 55.1 Å². The fourth-order valence-corrected chi connectivity index (χ4v) is 1.45. The third-order valence-electron chi connectivity index (χ3n) is 2.21. The molecule has 0 bridgehead atoms. The lowest BCUT2D eigenvalue weighted by Gasteiger charge is -2.14. The lowest BCUT2D eigenvalue weighted by molar-refractivity contribution is -0.122. The molecule has 1 amide bonds. The molecule has 0 aliphatic carbocycles. The van der Waals surface area contributed by atoms with Gasteiger partial charge >= 0.3 is 0 Å². The van der Waals surface area contributed by atoms with Crippen molar-refractivity contribution in [2.75, 3.05) is 13.1 Å². The molecule has 0 radical (unpaired) electrons. The first-order valence-corrected chi connectivity index (χ1v) is 5.39. The van der Waals surface area contributed by atoms with Gasteiger partial charge in [0.05, 0.1) is 12.5 Å². The van der Waals surface area contributed by atoms with E-state index in [-0.39, 0.29) is 24.9 Å². The van der Waals surface area contributed by atoms with Crippen LogP contribution in [0.2, 0.25) is 0 Å². The van der Waals surface area contributed by atoms with Gasteiger partial charge in [0.25, 0.3) is 0 Å². The molecule has 3 nitrogen and oxygen atoms in total. The Kier molecular flexibility index (Phi) is 5.02. The maximum absolute atomic E-state index is 11.8. The molecule has 0 heterocycles. The molecule has 0 saturated heterocycles. The third-order valence-corrected chi connectivity index (χ3v) is 2.34. The molecule has 1 aromatic rings. The first-order chi connectivity index (χ1) is 7.65. The van der Waals surface area contributed by atoms with Crippen molar-refractivity contribution >= 4 is 17.5 Å². The van der Waals surface area contributed by atoms with Gasteiger partial charge in [-0.3, -0.25) is 4.79 Å². The SMILES string of the molecule is C=C(Cl)CNC(=O)C(CN)c1ccccc1. The van der Waals surface area contributed by atoms with Crippen LogP contribution in [-0.2, 0) is 4.79 Å². The fraction of sp³-hybridized carbons (Fsp3) is 0.250. The Bertz CT molecular complexity index is 365. The summed E-state index contributed by atoms with van der Waals surface area (Å²) in [6, 6.07) is 9.42. The van der Waals surface area contributed by atoms with E-state index in [0.717, 1.165) is 5.56 Å². The number of carbonyl (C=O) groups is 1. The molecule has 1 aromatic carbocycles. The molecular formula is C12H15ClN2O. The molecule has 4 heteroatoms. The Hall–Kier alpha value is -1.32. The van der Waals surface area contributed by atoms with Gasteiger partial charge in [-0.1, -0.05) is 48.5 Å². The largest absolute Gasteiger partial charge is 0.351 e. The summed E-state index contributed by atoms with van der Waals surface area (Å²) in [4.78, 5) is 11.8. The molecule has 0 fully saturated rings. The summed E-state index contributed by atoms with van der Waals surface area (Å²) in [5.41, 5.74) is 6.50. The van der Waals surface area contributed by atoms with Crippen molar-refractivity contribution in [1.29, 1.82) is 0 Å². The molecule has 16 heavy (non-hydrogen) atoms. The molecule has 0 aliphatic heterocycles. The van der Waals surface area contributed by atoms with Crippen LogP contribution in [0.15, 0.2) is 41.9 Å². The average Bonchev–Trinajstić information content (AvgIpc) is 2.29. The molecule has 0 saturated carbocycles. The minimum atomic E-state index is -0.336. The standard InChI is InChI=1S/C12H15ClN2O/c1-9(13)8-15-12(16)11(7-14)10-5-3-2-4-6-10/h2-6,11H,1,7-8,14H2,(H,15,16). The van der Waals surface area contributed by atoms with Gasteiger partial charge in [-0.25, -0.2) is 0 Å². The second-order valence-corrected chi connectivity index (χ2v) is 3.97. The maximum atomic E-state index is 11.8. The second kappa shape index (κ2) is 6.30. The highest BCUT2D eigenvalue weighted by Gasteiger charge is 2.17. The smallest absolute Gasteiger partial charge is 0.229 e. The minimum Gasteiger partial charge on any atom is -0.351 e. The van der Waals surface area contributed by atoms with Gasteiger partial charge in [0.15, 0.2) is 0 Å². The number of benzene rings is 1. The van der Waals surface area contributed by atoms with Crippen LogP contribution in [0, 0.1) is 0 Å². The molecule has 0 spiro atoms. The molecule has 1 rings (SSSR count). The first kappa shape index (κ1) is 12.7. The Morgan fingerprint density at radius 1 is 1.44 bits per heavy atom. The lowest BCUT2D eigenvalue weighted by Crippen LogP contribution is -2.34. The van der Waals surface area contributed by atoms with Crippen molar-refractivity contribution < 1.29 is 4.79 Å². The highest BCUT2D eigenvalue weighted by molar-refractivity contribution is 6.29. The summed E-state index contributed by atoms with van der Waals surface area (Å²) >= 11 is 5.58. The van der Waals surface area contributed by atoms with E-state index < -0.39 is 0 Å². The maximum Gasteiger partial charge on any atom is 0.229 e. The van der Waals surface area contributed by atoms with Crippen LogP contribution in [0.4, 0.5) is 0 Å². The zero-order valence-electron chi connectivity index (χ0n) is 8.95. The average molecular weight is 239 g/mol. The summed E-state index contributed by atoms with van der Waals surface area (Å²) < 4.78 is 0. The van der Waals surface area contributed by atoms with Crippen molar-refractivity contribution in [3.8, 4) is 0 Å². The third kappa shape index (κ3) is 3.68. The van der Waals surface area contributed by atoms with E-state index in [1.165, 1.54) is 0 Å². The van der Waals surface area contributed by atoms with Gasteiger partial charge in [0.2, 0.25) is 5.91 Å². The number of nitrogens with two attached hydrogens (primary N) is 1. The van der Waals surface area contributed by atoms with Crippen molar-refractivity contribution in [3.63, 3.8) is 0 Å². The first-order valence-electron chi connectivity index (χ1n) is 5.01. The van der Waals surface area contributed by atoms with Crippen molar-refractivity contribution in [3.05, 3.63) is 47.5 Å². The Morgan fingerprint density at radius 2 is 2.06 bits per heavy atom. The Morgan fingerprint density at radius 3 is 2.56 bits per heavy atom. The quantitative estimate of drug-likeness (QED) is 0.819. The minimum absolute atomic E-state index is 0.129. The number of halogens is 1. The number of nitrogens with one attached hydrogen (secondary N) is 1. The molecular weight excluding hydrogens is 224 g/mol. The number of hydrogen-bond acceptors (Lipinski definition) is 2. The normalized spacial score (nSPS) is 11.9. The van der Waals surface area contributed by atoms with E-state index in [4.69, 9.17) is 17.3 Å². The number of amides is 1. The summed E-state index contributed by atoms with van der Waals surface area (Å²) in [7, 11) is 0. The molecule has 86 valence electrons. The van der Waals surface area contributed by atoms with Crippen LogP contribution in [0.3, 0.4) is 0 Å².